The van der Waals surface area contributed by atoms with E-state index in [4.69, 9.17) is 11.2 Å². The van der Waals surface area contributed by atoms with Gasteiger partial charge in [0, 0.05) is 0 Å². The maximum Gasteiger partial charge on any atom is 0.416 e. The van der Waals surface area contributed by atoms with E-state index in [9.17, 15) is 18.0 Å². The number of halogens is 3. The summed E-state index contributed by atoms with van der Waals surface area (Å²) in [7, 11) is 1.27. The first kappa shape index (κ1) is 12.9. The van der Waals surface area contributed by atoms with Crippen molar-refractivity contribution in [3.63, 3.8) is 0 Å². The molecule has 0 atom stereocenters. The van der Waals surface area contributed by atoms with Crippen LogP contribution in [0.15, 0.2) is 18.2 Å². The van der Waals surface area contributed by atoms with E-state index in [1.54, 1.807) is 5.92 Å². The molecule has 6 heteroatoms. The molecule has 0 spiro atoms. The third kappa shape index (κ3) is 3.14. The van der Waals surface area contributed by atoms with Crippen molar-refractivity contribution in [2.75, 3.05) is 12.4 Å². The van der Waals surface area contributed by atoms with Gasteiger partial charge in [-0.15, -0.1) is 6.42 Å². The van der Waals surface area contributed by atoms with E-state index in [1.807, 2.05) is 0 Å². The number of hydrogen-bond donors (Lipinski definition) is 1. The van der Waals surface area contributed by atoms with Crippen molar-refractivity contribution in [3.05, 3.63) is 23.8 Å². The van der Waals surface area contributed by atoms with Crippen molar-refractivity contribution in [2.24, 2.45) is 0 Å². The van der Waals surface area contributed by atoms with E-state index in [2.05, 4.69) is 5.32 Å². The van der Waals surface area contributed by atoms with Gasteiger partial charge in [0.2, 0.25) is 0 Å². The van der Waals surface area contributed by atoms with Gasteiger partial charge in [0.05, 0.1) is 18.4 Å². The van der Waals surface area contributed by atoms with Crippen LogP contribution in [0.2, 0.25) is 0 Å². The van der Waals surface area contributed by atoms with Crippen molar-refractivity contribution in [2.45, 2.75) is 6.18 Å². The number of nitrogens with one attached hydrogen (secondary N) is 1. The number of benzene rings is 1. The van der Waals surface area contributed by atoms with Gasteiger partial charge in [-0.25, -0.2) is 0 Å². The van der Waals surface area contributed by atoms with Crippen molar-refractivity contribution >= 4 is 11.6 Å². The molecule has 17 heavy (non-hydrogen) atoms. The molecular formula is C11H8F3NO2. The number of carbonyl (C=O) groups excluding carboxylic acids is 1. The van der Waals surface area contributed by atoms with E-state index >= 15 is 0 Å². The maximum absolute atomic E-state index is 12.4. The Morgan fingerprint density at radius 3 is 2.59 bits per heavy atom. The number of terminal acetylenes is 1. The zero-order valence-electron chi connectivity index (χ0n) is 8.76. The summed E-state index contributed by atoms with van der Waals surface area (Å²) in [5.41, 5.74) is -1.02. The van der Waals surface area contributed by atoms with Gasteiger partial charge in [0.25, 0.3) is 5.91 Å². The number of anilines is 1. The monoisotopic (exact) mass is 243 g/mol. The zero-order valence-corrected chi connectivity index (χ0v) is 8.76. The van der Waals surface area contributed by atoms with Gasteiger partial charge in [-0.1, -0.05) is 0 Å². The quantitative estimate of drug-likeness (QED) is 0.809. The number of carbonyl (C=O) groups is 1. The van der Waals surface area contributed by atoms with Gasteiger partial charge in [0.1, 0.15) is 5.75 Å². The Labute approximate surface area is 95.6 Å². The summed E-state index contributed by atoms with van der Waals surface area (Å²) in [5, 5.41) is 2.12. The Kier molecular flexibility index (Phi) is 3.63. The van der Waals surface area contributed by atoms with Crippen LogP contribution >= 0.6 is 0 Å². The van der Waals surface area contributed by atoms with Gasteiger partial charge < -0.3 is 10.1 Å². The third-order valence-electron chi connectivity index (χ3n) is 1.91. The molecule has 0 bridgehead atoms. The lowest BCUT2D eigenvalue weighted by atomic mass is 10.1. The second-order valence-electron chi connectivity index (χ2n) is 3.01. The molecule has 0 saturated heterocycles. The fourth-order valence-electron chi connectivity index (χ4n) is 1.14. The Bertz CT molecular complexity index is 475. The smallest absolute Gasteiger partial charge is 0.416 e. The van der Waals surface area contributed by atoms with E-state index in [0.29, 0.717) is 0 Å². The number of rotatable bonds is 2. The molecule has 3 nitrogen and oxygen atoms in total. The minimum atomic E-state index is -4.50. The number of amides is 1. The summed E-state index contributed by atoms with van der Waals surface area (Å²) in [6.07, 6.45) is 0.312. The highest BCUT2D eigenvalue weighted by molar-refractivity contribution is 6.04. The van der Waals surface area contributed by atoms with Crippen LogP contribution in [0, 0.1) is 12.3 Å². The molecule has 0 fully saturated rings. The van der Waals surface area contributed by atoms with E-state index < -0.39 is 17.6 Å². The number of ether oxygens (including phenoxy) is 1. The van der Waals surface area contributed by atoms with Crippen molar-refractivity contribution in [3.8, 4) is 18.1 Å². The molecule has 0 heterocycles. The van der Waals surface area contributed by atoms with E-state index in [0.717, 1.165) is 18.2 Å². The summed E-state index contributed by atoms with van der Waals surface area (Å²) in [4.78, 5) is 10.9. The van der Waals surface area contributed by atoms with E-state index in [1.165, 1.54) is 7.11 Å². The van der Waals surface area contributed by atoms with Crippen molar-refractivity contribution < 1.29 is 22.7 Å². The highest BCUT2D eigenvalue weighted by Gasteiger charge is 2.31. The highest BCUT2D eigenvalue weighted by Crippen LogP contribution is 2.34. The van der Waals surface area contributed by atoms with Crippen LogP contribution in [0.1, 0.15) is 5.56 Å². The van der Waals surface area contributed by atoms with E-state index in [-0.39, 0.29) is 11.4 Å². The number of methoxy groups -OCH3 is 1. The van der Waals surface area contributed by atoms with Crippen molar-refractivity contribution in [1.29, 1.82) is 0 Å². The molecule has 1 N–H and O–H groups in total. The van der Waals surface area contributed by atoms with Crippen LogP contribution in [-0.2, 0) is 11.0 Å². The SMILES string of the molecule is C#CC(=O)Nc1cc(C(F)(F)F)ccc1OC. The molecule has 1 amide bonds. The molecule has 0 aliphatic carbocycles. The molecule has 0 aliphatic heterocycles. The van der Waals surface area contributed by atoms with Gasteiger partial charge >= 0.3 is 6.18 Å². The summed E-state index contributed by atoms with van der Waals surface area (Å²) in [6, 6.07) is 2.72. The van der Waals surface area contributed by atoms with Crippen LogP contribution in [0.4, 0.5) is 18.9 Å². The molecule has 0 aliphatic rings. The molecule has 90 valence electrons. The van der Waals surface area contributed by atoms with Crippen LogP contribution in [0.5, 0.6) is 5.75 Å². The lowest BCUT2D eigenvalue weighted by Gasteiger charge is -2.12. The Hall–Kier alpha value is -2.16. The zero-order chi connectivity index (χ0) is 13.1. The number of alkyl halides is 3. The topological polar surface area (TPSA) is 38.3 Å². The van der Waals surface area contributed by atoms with Gasteiger partial charge in [0.15, 0.2) is 0 Å². The first-order chi connectivity index (χ1) is 7.88. The average Bonchev–Trinajstić information content (AvgIpc) is 2.27. The summed E-state index contributed by atoms with van der Waals surface area (Å²) < 4.78 is 42.1. The van der Waals surface area contributed by atoms with Crippen LogP contribution in [0.3, 0.4) is 0 Å². The average molecular weight is 243 g/mol. The molecule has 1 rings (SSSR count). The second-order valence-corrected chi connectivity index (χ2v) is 3.01. The first-order valence-electron chi connectivity index (χ1n) is 4.41. The van der Waals surface area contributed by atoms with Gasteiger partial charge in [-0.3, -0.25) is 4.79 Å². The van der Waals surface area contributed by atoms with Crippen LogP contribution in [-0.4, -0.2) is 13.0 Å². The lowest BCUT2D eigenvalue weighted by Crippen LogP contribution is -2.11. The summed E-state index contributed by atoms with van der Waals surface area (Å²) in [5.74, 6) is 0.990. The van der Waals surface area contributed by atoms with Crippen LogP contribution in [0.25, 0.3) is 0 Å². The lowest BCUT2D eigenvalue weighted by molar-refractivity contribution is -0.137. The normalized spacial score (nSPS) is 10.5. The molecule has 1 aromatic rings. The van der Waals surface area contributed by atoms with Gasteiger partial charge in [-0.2, -0.15) is 13.2 Å². The summed E-state index contributed by atoms with van der Waals surface area (Å²) >= 11 is 0. The summed E-state index contributed by atoms with van der Waals surface area (Å²) in [6.45, 7) is 0. The predicted molar refractivity (Wildman–Crippen MR) is 55.5 cm³/mol. The third-order valence-corrected chi connectivity index (χ3v) is 1.91. The highest BCUT2D eigenvalue weighted by atomic mass is 19.4. The molecule has 0 saturated carbocycles. The molecular weight excluding hydrogens is 235 g/mol. The van der Waals surface area contributed by atoms with Crippen LogP contribution < -0.4 is 10.1 Å². The minimum absolute atomic E-state index is 0.0987. The Morgan fingerprint density at radius 2 is 2.12 bits per heavy atom. The van der Waals surface area contributed by atoms with Crippen molar-refractivity contribution in [1.82, 2.24) is 0 Å². The van der Waals surface area contributed by atoms with Gasteiger partial charge in [-0.05, 0) is 24.1 Å². The Balaban J connectivity index is 3.16. The minimum Gasteiger partial charge on any atom is -0.495 e. The molecule has 1 aromatic carbocycles. The maximum atomic E-state index is 12.4. The first-order valence-corrected chi connectivity index (χ1v) is 4.41. The molecule has 0 radical (unpaired) electrons. The molecule has 0 aromatic heterocycles. The Morgan fingerprint density at radius 1 is 1.47 bits per heavy atom. The second kappa shape index (κ2) is 4.78. The predicted octanol–water partition coefficient (Wildman–Crippen LogP) is 2.29. The number of hydrogen-bond acceptors (Lipinski definition) is 2. The fraction of sp³-hybridized carbons (Fsp3) is 0.182. The molecule has 0 unspecified atom stereocenters. The fourth-order valence-corrected chi connectivity index (χ4v) is 1.14. The largest absolute Gasteiger partial charge is 0.495 e. The standard InChI is InChI=1S/C11H8F3NO2/c1-3-10(16)15-8-6-7(11(12,13)14)4-5-9(8)17-2/h1,4-6H,2H3,(H,15,16).